The van der Waals surface area contributed by atoms with Crippen molar-refractivity contribution in [3.05, 3.63) is 65.0 Å². The van der Waals surface area contributed by atoms with Crippen molar-refractivity contribution in [3.63, 3.8) is 0 Å². The average molecular weight is 441 g/mol. The van der Waals surface area contributed by atoms with E-state index < -0.39 is 0 Å². The summed E-state index contributed by atoms with van der Waals surface area (Å²) >= 11 is 1.50. The van der Waals surface area contributed by atoms with E-state index in [4.69, 9.17) is 9.47 Å². The van der Waals surface area contributed by atoms with Crippen molar-refractivity contribution in [3.8, 4) is 22.8 Å². The highest BCUT2D eigenvalue weighted by Gasteiger charge is 2.14. The molecular formula is C22H21FN4O3S. The van der Waals surface area contributed by atoms with Crippen LogP contribution in [0.4, 0.5) is 14.9 Å². The molecule has 0 aliphatic heterocycles. The fraction of sp³-hybridized carbons (Fsp3) is 0.182. The molecule has 7 nitrogen and oxygen atoms in total. The SMILES string of the molecule is COc1cc(NC(=O)NCc2sc3nc(-c4ccc(F)cc4)cn3c2C)cc(OC)c1. The van der Waals surface area contributed by atoms with Gasteiger partial charge in [-0.1, -0.05) is 11.3 Å². The Labute approximate surface area is 182 Å². The second-order valence-electron chi connectivity index (χ2n) is 6.81. The first-order chi connectivity index (χ1) is 15.0. The van der Waals surface area contributed by atoms with Gasteiger partial charge in [0.05, 0.1) is 26.5 Å². The van der Waals surface area contributed by atoms with Crippen LogP contribution in [0.1, 0.15) is 10.6 Å². The van der Waals surface area contributed by atoms with E-state index in [1.165, 1.54) is 23.5 Å². The molecule has 2 aromatic heterocycles. The molecule has 0 radical (unpaired) electrons. The summed E-state index contributed by atoms with van der Waals surface area (Å²) < 4.78 is 25.6. The molecule has 31 heavy (non-hydrogen) atoms. The lowest BCUT2D eigenvalue weighted by atomic mass is 10.2. The van der Waals surface area contributed by atoms with Crippen molar-refractivity contribution in [2.45, 2.75) is 13.5 Å². The number of nitrogens with one attached hydrogen (secondary N) is 2. The fourth-order valence-corrected chi connectivity index (χ4v) is 4.18. The minimum atomic E-state index is -0.340. The topological polar surface area (TPSA) is 76.9 Å². The Balaban J connectivity index is 1.44. The number of carbonyl (C=O) groups is 1. The van der Waals surface area contributed by atoms with E-state index in [9.17, 15) is 9.18 Å². The number of anilines is 1. The number of ether oxygens (including phenoxy) is 2. The van der Waals surface area contributed by atoms with Crippen LogP contribution in [0.25, 0.3) is 16.2 Å². The number of benzene rings is 2. The van der Waals surface area contributed by atoms with Gasteiger partial charge in [-0.3, -0.25) is 4.40 Å². The summed E-state index contributed by atoms with van der Waals surface area (Å²) in [6, 6.07) is 11.1. The highest BCUT2D eigenvalue weighted by Crippen LogP contribution is 2.28. The Morgan fingerprint density at radius 1 is 1.13 bits per heavy atom. The van der Waals surface area contributed by atoms with Gasteiger partial charge >= 0.3 is 6.03 Å². The summed E-state index contributed by atoms with van der Waals surface area (Å²) in [7, 11) is 3.10. The Morgan fingerprint density at radius 2 is 1.81 bits per heavy atom. The first kappa shape index (κ1) is 20.7. The number of methoxy groups -OCH3 is 2. The number of halogens is 1. The molecule has 0 aliphatic carbocycles. The van der Waals surface area contributed by atoms with E-state index in [2.05, 4.69) is 15.6 Å². The van der Waals surface area contributed by atoms with Crippen LogP contribution >= 0.6 is 11.3 Å². The molecule has 4 aromatic rings. The van der Waals surface area contributed by atoms with E-state index in [0.717, 1.165) is 26.8 Å². The summed E-state index contributed by atoms with van der Waals surface area (Å²) in [5.74, 6) is 0.892. The second-order valence-corrected chi connectivity index (χ2v) is 7.87. The van der Waals surface area contributed by atoms with Gasteiger partial charge < -0.3 is 20.1 Å². The number of nitrogens with zero attached hydrogens (tertiary/aromatic N) is 2. The fourth-order valence-electron chi connectivity index (χ4n) is 3.13. The second kappa shape index (κ2) is 8.65. The number of imidazole rings is 1. The van der Waals surface area contributed by atoms with Gasteiger partial charge in [-0.25, -0.2) is 14.2 Å². The lowest BCUT2D eigenvalue weighted by Crippen LogP contribution is -2.28. The zero-order valence-electron chi connectivity index (χ0n) is 17.2. The van der Waals surface area contributed by atoms with Gasteiger partial charge in [-0.05, 0) is 31.2 Å². The minimum Gasteiger partial charge on any atom is -0.497 e. The number of hydrogen-bond donors (Lipinski definition) is 2. The third-order valence-electron chi connectivity index (χ3n) is 4.81. The molecule has 0 saturated carbocycles. The zero-order chi connectivity index (χ0) is 22.0. The van der Waals surface area contributed by atoms with Gasteiger partial charge in [-0.15, -0.1) is 0 Å². The van der Waals surface area contributed by atoms with Crippen molar-refractivity contribution >= 4 is 28.0 Å². The third kappa shape index (κ3) is 4.46. The molecule has 2 aromatic carbocycles. The van der Waals surface area contributed by atoms with Crippen LogP contribution in [0.15, 0.2) is 48.7 Å². The van der Waals surface area contributed by atoms with E-state index in [1.54, 1.807) is 44.6 Å². The van der Waals surface area contributed by atoms with Gasteiger partial charge in [0, 0.05) is 46.2 Å². The number of thiazole rings is 1. The highest BCUT2D eigenvalue weighted by atomic mass is 32.1. The van der Waals surface area contributed by atoms with Gasteiger partial charge in [0.15, 0.2) is 4.96 Å². The number of aromatic nitrogens is 2. The Kier molecular flexibility index (Phi) is 5.77. The molecule has 2 heterocycles. The smallest absolute Gasteiger partial charge is 0.319 e. The van der Waals surface area contributed by atoms with Crippen molar-refractivity contribution in [2.24, 2.45) is 0 Å². The molecule has 2 amide bonds. The molecule has 2 N–H and O–H groups in total. The summed E-state index contributed by atoms with van der Waals surface area (Å²) in [4.78, 5) is 18.8. The van der Waals surface area contributed by atoms with Gasteiger partial charge in [-0.2, -0.15) is 0 Å². The van der Waals surface area contributed by atoms with E-state index in [0.29, 0.717) is 23.7 Å². The number of amides is 2. The molecule has 9 heteroatoms. The third-order valence-corrected chi connectivity index (χ3v) is 5.97. The lowest BCUT2D eigenvalue weighted by molar-refractivity contribution is 0.252. The highest BCUT2D eigenvalue weighted by molar-refractivity contribution is 7.17. The Morgan fingerprint density at radius 3 is 2.42 bits per heavy atom. The van der Waals surface area contributed by atoms with Crippen molar-refractivity contribution < 1.29 is 18.7 Å². The first-order valence-electron chi connectivity index (χ1n) is 9.48. The van der Waals surface area contributed by atoms with Gasteiger partial charge in [0.25, 0.3) is 0 Å². The van der Waals surface area contributed by atoms with Crippen molar-refractivity contribution in [2.75, 3.05) is 19.5 Å². The van der Waals surface area contributed by atoms with Crippen LogP contribution in [0, 0.1) is 12.7 Å². The molecule has 0 aliphatic rings. The van der Waals surface area contributed by atoms with Crippen LogP contribution < -0.4 is 20.1 Å². The summed E-state index contributed by atoms with van der Waals surface area (Å²) in [6.07, 6.45) is 1.92. The first-order valence-corrected chi connectivity index (χ1v) is 10.3. The molecular weight excluding hydrogens is 419 g/mol. The number of hydrogen-bond acceptors (Lipinski definition) is 5. The summed E-state index contributed by atoms with van der Waals surface area (Å²) in [5, 5.41) is 5.65. The average Bonchev–Trinajstić information content (AvgIpc) is 3.31. The quantitative estimate of drug-likeness (QED) is 0.449. The number of urea groups is 1. The molecule has 0 fully saturated rings. The predicted octanol–water partition coefficient (Wildman–Crippen LogP) is 4.85. The summed E-state index contributed by atoms with van der Waals surface area (Å²) in [6.45, 7) is 2.33. The van der Waals surface area contributed by atoms with Crippen LogP contribution in [0.5, 0.6) is 11.5 Å². The van der Waals surface area contributed by atoms with Gasteiger partial charge in [0.2, 0.25) is 0 Å². The number of carbonyl (C=O) groups excluding carboxylic acids is 1. The zero-order valence-corrected chi connectivity index (χ0v) is 18.0. The molecule has 4 rings (SSSR count). The maximum atomic E-state index is 13.2. The minimum absolute atomic E-state index is 0.278. The largest absolute Gasteiger partial charge is 0.497 e. The molecule has 0 atom stereocenters. The Bertz CT molecular complexity index is 1210. The summed E-state index contributed by atoms with van der Waals surface area (Å²) in [5.41, 5.74) is 3.18. The maximum absolute atomic E-state index is 13.2. The van der Waals surface area contributed by atoms with Crippen LogP contribution in [0.2, 0.25) is 0 Å². The van der Waals surface area contributed by atoms with Crippen LogP contribution in [-0.2, 0) is 6.54 Å². The van der Waals surface area contributed by atoms with Crippen LogP contribution in [0.3, 0.4) is 0 Å². The Hall–Kier alpha value is -3.59. The number of fused-ring (bicyclic) bond motifs is 1. The molecule has 0 bridgehead atoms. The van der Waals surface area contributed by atoms with E-state index >= 15 is 0 Å². The van der Waals surface area contributed by atoms with Crippen molar-refractivity contribution in [1.29, 1.82) is 0 Å². The molecule has 0 spiro atoms. The van der Waals surface area contributed by atoms with E-state index in [-0.39, 0.29) is 11.8 Å². The number of aryl methyl sites for hydroxylation is 1. The maximum Gasteiger partial charge on any atom is 0.319 e. The number of rotatable bonds is 6. The molecule has 0 unspecified atom stereocenters. The molecule has 160 valence electrons. The lowest BCUT2D eigenvalue weighted by Gasteiger charge is -2.10. The monoisotopic (exact) mass is 440 g/mol. The molecule has 0 saturated heterocycles. The standard InChI is InChI=1S/C22H21FN4O3S/c1-13-20(11-24-21(28)25-16-8-17(29-2)10-18(9-16)30-3)31-22-26-19(12-27(13)22)14-4-6-15(23)7-5-14/h4-10,12H,11H2,1-3H3,(H2,24,25,28). The predicted molar refractivity (Wildman–Crippen MR) is 119 cm³/mol. The van der Waals surface area contributed by atoms with Crippen molar-refractivity contribution in [1.82, 2.24) is 14.7 Å². The van der Waals surface area contributed by atoms with E-state index in [1.807, 2.05) is 17.5 Å². The van der Waals surface area contributed by atoms with Crippen LogP contribution in [-0.4, -0.2) is 29.6 Å². The van der Waals surface area contributed by atoms with Gasteiger partial charge in [0.1, 0.15) is 17.3 Å². The normalized spacial score (nSPS) is 10.8.